The Bertz CT molecular complexity index is 877. The van der Waals surface area contributed by atoms with Gasteiger partial charge in [-0.15, -0.1) is 0 Å². The first kappa shape index (κ1) is 21.5. The molecule has 0 saturated heterocycles. The summed E-state index contributed by atoms with van der Waals surface area (Å²) < 4.78 is 107. The Hall–Kier alpha value is -2.76. The molecule has 2 aromatic carbocycles. The van der Waals surface area contributed by atoms with E-state index in [0.29, 0.717) is 24.3 Å². The second-order valence-corrected chi connectivity index (χ2v) is 5.63. The third kappa shape index (κ3) is 3.39. The van der Waals surface area contributed by atoms with Gasteiger partial charge in [-0.1, -0.05) is 18.2 Å². The minimum Gasteiger partial charge on any atom is -0.374 e. The van der Waals surface area contributed by atoms with Crippen molar-refractivity contribution in [3.63, 3.8) is 0 Å². The molecule has 0 saturated carbocycles. The van der Waals surface area contributed by atoms with E-state index in [4.69, 9.17) is 0 Å². The van der Waals surface area contributed by atoms with Gasteiger partial charge in [-0.3, -0.25) is 10.1 Å². The molecule has 0 radical (unpaired) electrons. The average Bonchev–Trinajstić information content (AvgIpc) is 2.59. The maximum atomic E-state index is 14.3. The van der Waals surface area contributed by atoms with E-state index < -0.39 is 51.2 Å². The largest absolute Gasteiger partial charge is 0.457 e. The lowest BCUT2D eigenvalue weighted by atomic mass is 9.78. The predicted molar refractivity (Wildman–Crippen MR) is 78.5 cm³/mol. The van der Waals surface area contributed by atoms with Crippen LogP contribution in [0.1, 0.15) is 16.7 Å². The van der Waals surface area contributed by atoms with Crippen molar-refractivity contribution < 1.29 is 45.2 Å². The molecule has 1 N–H and O–H groups in total. The van der Waals surface area contributed by atoms with Crippen molar-refractivity contribution in [3.05, 3.63) is 75.3 Å². The monoisotopic (exact) mass is 415 g/mol. The molecule has 1 unspecified atom stereocenters. The van der Waals surface area contributed by atoms with E-state index in [0.717, 1.165) is 12.1 Å². The maximum absolute atomic E-state index is 14.3. The van der Waals surface area contributed by atoms with Gasteiger partial charge in [0.2, 0.25) is 0 Å². The third-order valence-corrected chi connectivity index (χ3v) is 3.93. The molecule has 0 aliphatic carbocycles. The molecule has 0 heterocycles. The van der Waals surface area contributed by atoms with Crippen LogP contribution < -0.4 is 0 Å². The fourth-order valence-electron chi connectivity index (χ4n) is 2.58. The van der Waals surface area contributed by atoms with Crippen LogP contribution in [-0.4, -0.2) is 22.1 Å². The van der Waals surface area contributed by atoms with Crippen LogP contribution in [0.3, 0.4) is 0 Å². The third-order valence-electron chi connectivity index (χ3n) is 3.93. The zero-order valence-corrected chi connectivity index (χ0v) is 13.4. The highest BCUT2D eigenvalue weighted by molar-refractivity contribution is 5.47. The molecule has 0 aliphatic rings. The summed E-state index contributed by atoms with van der Waals surface area (Å²) in [6, 6.07) is 3.66. The van der Waals surface area contributed by atoms with Crippen molar-refractivity contribution in [1.29, 1.82) is 0 Å². The molecule has 0 aliphatic heterocycles. The normalized spacial score (nSPS) is 15.2. The Morgan fingerprint density at radius 3 is 1.64 bits per heavy atom. The number of non-ortho nitro benzene ring substituents is 1. The number of benzene rings is 2. The minimum atomic E-state index is -6.44. The summed E-state index contributed by atoms with van der Waals surface area (Å²) in [4.78, 5) is 9.63. The van der Waals surface area contributed by atoms with Crippen LogP contribution in [0.4, 0.5) is 40.8 Å². The van der Waals surface area contributed by atoms with Crippen LogP contribution in [0.25, 0.3) is 0 Å². The molecule has 1 atom stereocenters. The van der Waals surface area contributed by atoms with Crippen molar-refractivity contribution in [2.45, 2.75) is 23.9 Å². The minimum absolute atomic E-state index is 0.234. The Morgan fingerprint density at radius 2 is 1.25 bits per heavy atom. The van der Waals surface area contributed by atoms with Gasteiger partial charge in [0.25, 0.3) is 5.69 Å². The van der Waals surface area contributed by atoms with Gasteiger partial charge in [0.15, 0.2) is 5.60 Å². The molecule has 4 nitrogen and oxygen atoms in total. The van der Waals surface area contributed by atoms with Crippen LogP contribution in [0.2, 0.25) is 0 Å². The average molecular weight is 415 g/mol. The first-order valence-electron chi connectivity index (χ1n) is 7.22. The van der Waals surface area contributed by atoms with Gasteiger partial charge >= 0.3 is 18.3 Å². The number of nitro groups is 1. The predicted octanol–water partition coefficient (Wildman–Crippen LogP) is 5.05. The van der Waals surface area contributed by atoms with E-state index >= 15 is 0 Å². The van der Waals surface area contributed by atoms with Crippen molar-refractivity contribution in [1.82, 2.24) is 0 Å². The lowest BCUT2D eigenvalue weighted by molar-refractivity contribution is -0.384. The summed E-state index contributed by atoms with van der Waals surface area (Å²) in [6.07, 6.45) is -11.8. The molecule has 2 rings (SSSR count). The van der Waals surface area contributed by atoms with Gasteiger partial charge in [0.1, 0.15) is 0 Å². The Kier molecular flexibility index (Phi) is 5.15. The number of rotatable bonds is 4. The molecule has 152 valence electrons. The molecule has 0 spiro atoms. The molecule has 28 heavy (non-hydrogen) atoms. The van der Waals surface area contributed by atoms with Crippen molar-refractivity contribution in [3.8, 4) is 0 Å². The molecule has 12 heteroatoms. The SMILES string of the molecule is O=[N+]([O-])c1ccc(C(O)(c2ccccc2C(F)(F)F)C(F)(F)C(F)(F)F)cc1. The summed E-state index contributed by atoms with van der Waals surface area (Å²) in [6.45, 7) is 0. The van der Waals surface area contributed by atoms with Crippen LogP contribution >= 0.6 is 0 Å². The van der Waals surface area contributed by atoms with Crippen molar-refractivity contribution in [2.75, 3.05) is 0 Å². The van der Waals surface area contributed by atoms with E-state index in [1.807, 2.05) is 0 Å². The number of aliphatic hydroxyl groups is 1. The quantitative estimate of drug-likeness (QED) is 0.432. The summed E-state index contributed by atoms with van der Waals surface area (Å²) >= 11 is 0. The number of nitro benzene ring substituents is 1. The highest BCUT2D eigenvalue weighted by atomic mass is 19.4. The lowest BCUT2D eigenvalue weighted by Gasteiger charge is -2.38. The van der Waals surface area contributed by atoms with E-state index in [1.165, 1.54) is 0 Å². The molecule has 0 amide bonds. The molecule has 0 aromatic heterocycles. The highest BCUT2D eigenvalue weighted by Gasteiger charge is 2.72. The topological polar surface area (TPSA) is 63.4 Å². The van der Waals surface area contributed by atoms with Crippen LogP contribution in [0.15, 0.2) is 48.5 Å². The number of hydrogen-bond donors (Lipinski definition) is 1. The van der Waals surface area contributed by atoms with Gasteiger partial charge in [-0.25, -0.2) is 0 Å². The molecule has 0 bridgehead atoms. The summed E-state index contributed by atoms with van der Waals surface area (Å²) in [5.74, 6) is -6.07. The fraction of sp³-hybridized carbons (Fsp3) is 0.250. The van der Waals surface area contributed by atoms with E-state index in [2.05, 4.69) is 0 Å². The highest BCUT2D eigenvalue weighted by Crippen LogP contribution is 2.54. The fourth-order valence-corrected chi connectivity index (χ4v) is 2.58. The molecular weight excluding hydrogens is 406 g/mol. The van der Waals surface area contributed by atoms with E-state index in [1.54, 1.807) is 0 Å². The van der Waals surface area contributed by atoms with Crippen molar-refractivity contribution >= 4 is 5.69 Å². The zero-order chi connectivity index (χ0) is 21.5. The van der Waals surface area contributed by atoms with Gasteiger partial charge in [-0.2, -0.15) is 35.1 Å². The van der Waals surface area contributed by atoms with Crippen molar-refractivity contribution in [2.24, 2.45) is 0 Å². The lowest BCUT2D eigenvalue weighted by Crippen LogP contribution is -2.56. The second-order valence-electron chi connectivity index (χ2n) is 5.63. The van der Waals surface area contributed by atoms with Crippen LogP contribution in [0.5, 0.6) is 0 Å². The molecule has 0 fully saturated rings. The van der Waals surface area contributed by atoms with Gasteiger partial charge in [0, 0.05) is 17.7 Å². The van der Waals surface area contributed by atoms with Crippen LogP contribution in [0, 0.1) is 10.1 Å². The standard InChI is InChI=1S/C16H9F8NO3/c17-14(18,19)12-4-2-1-3-11(12)13(26,15(20,21)16(22,23)24)9-5-7-10(8-6-9)25(27)28/h1-8,26H. The number of nitrogens with zero attached hydrogens (tertiary/aromatic N) is 1. The van der Waals surface area contributed by atoms with E-state index in [9.17, 15) is 50.3 Å². The van der Waals surface area contributed by atoms with E-state index in [-0.39, 0.29) is 12.1 Å². The van der Waals surface area contributed by atoms with Gasteiger partial charge in [-0.05, 0) is 23.8 Å². The number of halogens is 8. The number of hydrogen-bond acceptors (Lipinski definition) is 3. The maximum Gasteiger partial charge on any atom is 0.457 e. The zero-order valence-electron chi connectivity index (χ0n) is 13.4. The first-order valence-corrected chi connectivity index (χ1v) is 7.22. The Labute approximate surface area is 151 Å². The summed E-state index contributed by atoms with van der Waals surface area (Å²) in [7, 11) is 0. The summed E-state index contributed by atoms with van der Waals surface area (Å²) in [5.41, 5.74) is -10.2. The van der Waals surface area contributed by atoms with Gasteiger partial charge in [0.05, 0.1) is 10.5 Å². The van der Waals surface area contributed by atoms with Gasteiger partial charge < -0.3 is 5.11 Å². The Balaban J connectivity index is 2.88. The molecular formula is C16H9F8NO3. The van der Waals surface area contributed by atoms with Crippen LogP contribution in [-0.2, 0) is 11.8 Å². The second kappa shape index (κ2) is 6.69. The Morgan fingerprint density at radius 1 is 0.786 bits per heavy atom. The first-order chi connectivity index (χ1) is 12.6. The molecule has 2 aromatic rings. The number of alkyl halides is 8. The summed E-state index contributed by atoms with van der Waals surface area (Å²) in [5, 5.41) is 21.1. The smallest absolute Gasteiger partial charge is 0.374 e.